The second-order valence-corrected chi connectivity index (χ2v) is 6.96. The van der Waals surface area contributed by atoms with Crippen molar-refractivity contribution in [3.63, 3.8) is 0 Å². The first-order valence-electron chi connectivity index (χ1n) is 8.68. The molecular weight excluding hydrogens is 316 g/mol. The SMILES string of the molecule is COC(=O)[C@@H](Cc1ccc2c(N)nccc2c1C)C1CC[C@H](C)C1=O. The number of aryl methyl sites for hydroxylation is 1. The van der Waals surface area contributed by atoms with Gasteiger partial charge in [-0.05, 0) is 48.8 Å². The van der Waals surface area contributed by atoms with Gasteiger partial charge in [0.05, 0.1) is 13.0 Å². The first-order valence-corrected chi connectivity index (χ1v) is 8.68. The molecule has 5 heteroatoms. The molecule has 1 aromatic heterocycles. The van der Waals surface area contributed by atoms with Crippen molar-refractivity contribution in [2.45, 2.75) is 33.1 Å². The molecule has 3 atom stereocenters. The largest absolute Gasteiger partial charge is 0.469 e. The number of hydrogen-bond acceptors (Lipinski definition) is 5. The van der Waals surface area contributed by atoms with Crippen molar-refractivity contribution in [2.24, 2.45) is 17.8 Å². The number of hydrogen-bond donors (Lipinski definition) is 1. The molecule has 0 radical (unpaired) electrons. The summed E-state index contributed by atoms with van der Waals surface area (Å²) in [6, 6.07) is 5.85. The van der Waals surface area contributed by atoms with Crippen LogP contribution in [0, 0.1) is 24.7 Å². The zero-order chi connectivity index (χ0) is 18.1. The zero-order valence-electron chi connectivity index (χ0n) is 14.9. The number of carbonyl (C=O) groups excluding carboxylic acids is 2. The lowest BCUT2D eigenvalue weighted by atomic mass is 9.83. The Morgan fingerprint density at radius 1 is 1.32 bits per heavy atom. The summed E-state index contributed by atoms with van der Waals surface area (Å²) in [6.45, 7) is 3.96. The number of carbonyl (C=O) groups is 2. The molecule has 0 saturated heterocycles. The van der Waals surface area contributed by atoms with Gasteiger partial charge in [-0.3, -0.25) is 9.59 Å². The number of aromatic nitrogens is 1. The first-order chi connectivity index (χ1) is 11.9. The van der Waals surface area contributed by atoms with Crippen LogP contribution in [0.15, 0.2) is 24.4 Å². The molecule has 3 rings (SSSR count). The Hall–Kier alpha value is -2.43. The summed E-state index contributed by atoms with van der Waals surface area (Å²) in [5.41, 5.74) is 8.06. The van der Waals surface area contributed by atoms with E-state index in [0.29, 0.717) is 12.2 Å². The molecule has 0 spiro atoms. The monoisotopic (exact) mass is 340 g/mol. The Labute approximate surface area is 147 Å². The molecule has 1 fully saturated rings. The minimum Gasteiger partial charge on any atom is -0.469 e. The predicted octanol–water partition coefficient (Wildman–Crippen LogP) is 3.07. The van der Waals surface area contributed by atoms with Gasteiger partial charge in [-0.2, -0.15) is 0 Å². The summed E-state index contributed by atoms with van der Waals surface area (Å²) < 4.78 is 5.01. The van der Waals surface area contributed by atoms with E-state index in [9.17, 15) is 9.59 Å². The molecule has 1 unspecified atom stereocenters. The highest BCUT2D eigenvalue weighted by Crippen LogP contribution is 2.36. The van der Waals surface area contributed by atoms with E-state index in [1.165, 1.54) is 7.11 Å². The molecule has 5 nitrogen and oxygen atoms in total. The highest BCUT2D eigenvalue weighted by molar-refractivity contribution is 5.94. The van der Waals surface area contributed by atoms with Gasteiger partial charge >= 0.3 is 5.97 Å². The quantitative estimate of drug-likeness (QED) is 0.865. The Balaban J connectivity index is 1.97. The minimum absolute atomic E-state index is 0.0285. The molecule has 1 heterocycles. The van der Waals surface area contributed by atoms with E-state index < -0.39 is 5.92 Å². The maximum Gasteiger partial charge on any atom is 0.309 e. The molecule has 1 saturated carbocycles. The molecule has 0 amide bonds. The highest BCUT2D eigenvalue weighted by Gasteiger charge is 2.40. The molecule has 0 bridgehead atoms. The fourth-order valence-corrected chi connectivity index (χ4v) is 3.95. The van der Waals surface area contributed by atoms with Gasteiger partial charge in [-0.15, -0.1) is 0 Å². The van der Waals surface area contributed by atoms with Crippen LogP contribution in [0.3, 0.4) is 0 Å². The van der Waals surface area contributed by atoms with Crippen molar-refractivity contribution in [3.8, 4) is 0 Å². The van der Waals surface area contributed by atoms with Crippen molar-refractivity contribution >= 4 is 28.3 Å². The Morgan fingerprint density at radius 3 is 2.72 bits per heavy atom. The van der Waals surface area contributed by atoms with Crippen LogP contribution in [0.1, 0.15) is 30.9 Å². The van der Waals surface area contributed by atoms with E-state index in [2.05, 4.69) is 4.98 Å². The Bertz CT molecular complexity index is 831. The summed E-state index contributed by atoms with van der Waals surface area (Å²) in [4.78, 5) is 29.0. The average Bonchev–Trinajstić information content (AvgIpc) is 2.93. The van der Waals surface area contributed by atoms with Crippen LogP contribution in [0.4, 0.5) is 5.82 Å². The van der Waals surface area contributed by atoms with E-state index in [1.807, 2.05) is 32.0 Å². The number of ketones is 1. The summed E-state index contributed by atoms with van der Waals surface area (Å²) in [6.07, 6.45) is 3.79. The first kappa shape index (κ1) is 17.4. The molecule has 2 aromatic rings. The number of anilines is 1. The number of methoxy groups -OCH3 is 1. The molecule has 25 heavy (non-hydrogen) atoms. The summed E-state index contributed by atoms with van der Waals surface area (Å²) in [7, 11) is 1.39. The number of benzene rings is 1. The average molecular weight is 340 g/mol. The van der Waals surface area contributed by atoms with Crippen LogP contribution in [0.5, 0.6) is 0 Å². The van der Waals surface area contributed by atoms with Crippen LogP contribution in [-0.4, -0.2) is 23.8 Å². The van der Waals surface area contributed by atoms with Crippen LogP contribution >= 0.6 is 0 Å². The van der Waals surface area contributed by atoms with Crippen LogP contribution < -0.4 is 5.73 Å². The number of pyridine rings is 1. The smallest absolute Gasteiger partial charge is 0.309 e. The third kappa shape index (κ3) is 3.11. The van der Waals surface area contributed by atoms with Gasteiger partial charge in [0.25, 0.3) is 0 Å². The molecule has 1 aliphatic carbocycles. The van der Waals surface area contributed by atoms with Crippen LogP contribution in [0.25, 0.3) is 10.8 Å². The minimum atomic E-state index is -0.433. The van der Waals surface area contributed by atoms with Crippen molar-refractivity contribution in [3.05, 3.63) is 35.5 Å². The summed E-state index contributed by atoms with van der Waals surface area (Å²) in [5, 5.41) is 1.93. The van der Waals surface area contributed by atoms with Crippen molar-refractivity contribution in [1.82, 2.24) is 4.98 Å². The van der Waals surface area contributed by atoms with Crippen molar-refractivity contribution in [2.75, 3.05) is 12.8 Å². The van der Waals surface area contributed by atoms with Crippen LogP contribution in [-0.2, 0) is 20.7 Å². The predicted molar refractivity (Wildman–Crippen MR) is 97.0 cm³/mol. The number of nitrogens with zero attached hydrogens (tertiary/aromatic N) is 1. The Kier molecular flexibility index (Phi) is 4.75. The number of Topliss-reactive ketones (excluding diaryl/α,β-unsaturated/α-hetero) is 1. The molecule has 132 valence electrons. The van der Waals surface area contributed by atoms with E-state index in [4.69, 9.17) is 10.5 Å². The Morgan fingerprint density at radius 2 is 2.08 bits per heavy atom. The van der Waals surface area contributed by atoms with Gasteiger partial charge < -0.3 is 10.5 Å². The fourth-order valence-electron chi connectivity index (χ4n) is 3.95. The fraction of sp³-hybridized carbons (Fsp3) is 0.450. The normalized spacial score (nSPS) is 21.5. The maximum atomic E-state index is 12.5. The lowest BCUT2D eigenvalue weighted by Crippen LogP contribution is -2.31. The molecule has 1 aromatic carbocycles. The van der Waals surface area contributed by atoms with Crippen molar-refractivity contribution in [1.29, 1.82) is 0 Å². The number of ether oxygens (including phenoxy) is 1. The number of esters is 1. The van der Waals surface area contributed by atoms with E-state index in [-0.39, 0.29) is 23.6 Å². The second-order valence-electron chi connectivity index (χ2n) is 6.96. The molecule has 0 aliphatic heterocycles. The summed E-state index contributed by atoms with van der Waals surface area (Å²) >= 11 is 0. The van der Waals surface area contributed by atoms with Gasteiger partial charge in [0.15, 0.2) is 0 Å². The summed E-state index contributed by atoms with van der Waals surface area (Å²) in [5.74, 6) is -0.279. The standard InChI is InChI=1S/C20H24N2O3/c1-11-4-6-15(18(11)23)17(20(24)25-3)10-13-5-7-16-14(12(13)2)8-9-22-19(16)21/h5,7-9,11,15,17H,4,6,10H2,1-3H3,(H2,21,22)/t11-,15?,17-/m0/s1. The van der Waals surface area contributed by atoms with E-state index in [0.717, 1.165) is 34.7 Å². The molecular formula is C20H24N2O3. The van der Waals surface area contributed by atoms with E-state index >= 15 is 0 Å². The van der Waals surface area contributed by atoms with E-state index in [1.54, 1.807) is 6.20 Å². The lowest BCUT2D eigenvalue weighted by molar-refractivity contribution is -0.149. The number of fused-ring (bicyclic) bond motifs is 1. The van der Waals surface area contributed by atoms with Crippen LogP contribution in [0.2, 0.25) is 0 Å². The maximum absolute atomic E-state index is 12.5. The van der Waals surface area contributed by atoms with Crippen molar-refractivity contribution < 1.29 is 14.3 Å². The highest BCUT2D eigenvalue weighted by atomic mass is 16.5. The third-order valence-corrected chi connectivity index (χ3v) is 5.55. The second kappa shape index (κ2) is 6.82. The van der Waals surface area contributed by atoms with Gasteiger partial charge in [-0.1, -0.05) is 19.1 Å². The van der Waals surface area contributed by atoms with Gasteiger partial charge in [0.1, 0.15) is 11.6 Å². The number of nitrogen functional groups attached to an aromatic ring is 1. The lowest BCUT2D eigenvalue weighted by Gasteiger charge is -2.22. The van der Waals surface area contributed by atoms with Gasteiger partial charge in [0.2, 0.25) is 0 Å². The number of rotatable bonds is 4. The van der Waals surface area contributed by atoms with Gasteiger partial charge in [-0.25, -0.2) is 4.98 Å². The number of nitrogens with two attached hydrogens (primary N) is 1. The molecule has 2 N–H and O–H groups in total. The van der Waals surface area contributed by atoms with Gasteiger partial charge in [0, 0.05) is 23.4 Å². The topological polar surface area (TPSA) is 82.3 Å². The molecule has 1 aliphatic rings. The zero-order valence-corrected chi connectivity index (χ0v) is 14.9. The third-order valence-electron chi connectivity index (χ3n) is 5.55.